The molecule has 1 aromatic carbocycles. The van der Waals surface area contributed by atoms with E-state index in [0.29, 0.717) is 11.6 Å². The average Bonchev–Trinajstić information content (AvgIpc) is 3.18. The fraction of sp³-hybridized carbons (Fsp3) is 0.333. The van der Waals surface area contributed by atoms with Crippen LogP contribution in [0, 0.1) is 5.92 Å². The van der Waals surface area contributed by atoms with Crippen molar-refractivity contribution in [1.29, 1.82) is 0 Å². The van der Waals surface area contributed by atoms with E-state index in [-0.39, 0.29) is 5.92 Å². The van der Waals surface area contributed by atoms with Crippen LogP contribution >= 0.6 is 43.5 Å². The summed E-state index contributed by atoms with van der Waals surface area (Å²) in [5.74, 6) is 0.207. The highest BCUT2D eigenvalue weighted by atomic mass is 79.9. The largest absolute Gasteiger partial charge is 0.383 e. The van der Waals surface area contributed by atoms with Gasteiger partial charge in [-0.25, -0.2) is 9.67 Å². The normalized spacial score (nSPS) is 17.1. The van der Waals surface area contributed by atoms with Gasteiger partial charge in [-0.3, -0.25) is 0 Å². The molecule has 1 saturated carbocycles. The summed E-state index contributed by atoms with van der Waals surface area (Å²) in [5.41, 5.74) is 0.685. The van der Waals surface area contributed by atoms with E-state index in [1.165, 1.54) is 6.33 Å². The Bertz CT molecular complexity index is 697. The smallest absolute Gasteiger partial charge is 0.137 e. The van der Waals surface area contributed by atoms with Crippen LogP contribution in [-0.4, -0.2) is 19.9 Å². The molecule has 2 aromatic rings. The number of hydrogen-bond donors (Lipinski definition) is 1. The summed E-state index contributed by atoms with van der Waals surface area (Å²) in [6, 6.07) is 5.69. The molecule has 0 bridgehead atoms. The molecule has 4 nitrogen and oxygen atoms in total. The Morgan fingerprint density at radius 2 is 2.23 bits per heavy atom. The molecule has 0 aliphatic heterocycles. The van der Waals surface area contributed by atoms with Crippen LogP contribution in [0.5, 0.6) is 0 Å². The third-order valence-corrected chi connectivity index (χ3v) is 4.63. The fourth-order valence-electron chi connectivity index (χ4n) is 2.65. The van der Waals surface area contributed by atoms with E-state index in [0.717, 1.165) is 27.4 Å². The quantitative estimate of drug-likeness (QED) is 0.743. The van der Waals surface area contributed by atoms with Crippen LogP contribution in [0.25, 0.3) is 6.08 Å². The standard InChI is InChI=1S/C15H14Br2ClN3O/c16-14(17)6-10-1-4-12(13(18)5-10)15(22,11-2-3-11)7-21-9-19-8-20-21/h1,4-6,8-9,11,22H,2-3,7H2. The predicted molar refractivity (Wildman–Crippen MR) is 93.9 cm³/mol. The lowest BCUT2D eigenvalue weighted by Gasteiger charge is -2.29. The Balaban J connectivity index is 1.96. The predicted octanol–water partition coefficient (Wildman–Crippen LogP) is 4.32. The summed E-state index contributed by atoms with van der Waals surface area (Å²) in [4.78, 5) is 3.94. The van der Waals surface area contributed by atoms with Crippen LogP contribution in [0.15, 0.2) is 34.2 Å². The van der Waals surface area contributed by atoms with Gasteiger partial charge < -0.3 is 5.11 Å². The lowest BCUT2D eigenvalue weighted by molar-refractivity contribution is -0.00766. The Hall–Kier alpha value is -0.690. The van der Waals surface area contributed by atoms with Crippen molar-refractivity contribution in [1.82, 2.24) is 14.8 Å². The van der Waals surface area contributed by atoms with E-state index in [1.807, 2.05) is 24.3 Å². The number of aliphatic hydroxyl groups is 1. The van der Waals surface area contributed by atoms with Crippen molar-refractivity contribution in [2.45, 2.75) is 25.0 Å². The third kappa shape index (κ3) is 3.45. The molecule has 0 spiro atoms. The third-order valence-electron chi connectivity index (χ3n) is 3.86. The zero-order chi connectivity index (χ0) is 15.7. The number of benzene rings is 1. The minimum atomic E-state index is -1.02. The summed E-state index contributed by atoms with van der Waals surface area (Å²) in [6.45, 7) is 0.356. The average molecular weight is 448 g/mol. The van der Waals surface area contributed by atoms with E-state index in [4.69, 9.17) is 11.6 Å². The molecule has 0 amide bonds. The molecular weight excluding hydrogens is 433 g/mol. The van der Waals surface area contributed by atoms with Crippen molar-refractivity contribution >= 4 is 49.5 Å². The van der Waals surface area contributed by atoms with E-state index in [2.05, 4.69) is 41.9 Å². The summed E-state index contributed by atoms with van der Waals surface area (Å²) in [5, 5.41) is 15.9. The first-order valence-electron chi connectivity index (χ1n) is 6.86. The first-order chi connectivity index (χ1) is 10.5. The Morgan fingerprint density at radius 1 is 1.45 bits per heavy atom. The topological polar surface area (TPSA) is 50.9 Å². The molecule has 1 N–H and O–H groups in total. The molecule has 1 aromatic heterocycles. The van der Waals surface area contributed by atoms with Gasteiger partial charge in [-0.05, 0) is 68.3 Å². The maximum Gasteiger partial charge on any atom is 0.137 e. The molecule has 1 atom stereocenters. The molecule has 1 unspecified atom stereocenters. The van der Waals surface area contributed by atoms with Crippen LogP contribution in [0.3, 0.4) is 0 Å². The highest BCUT2D eigenvalue weighted by molar-refractivity contribution is 9.28. The molecular formula is C15H14Br2ClN3O. The van der Waals surface area contributed by atoms with E-state index in [1.54, 1.807) is 11.0 Å². The number of aromatic nitrogens is 3. The first-order valence-corrected chi connectivity index (χ1v) is 8.83. The Kier molecular flexibility index (Phi) is 4.73. The van der Waals surface area contributed by atoms with E-state index < -0.39 is 5.60 Å². The summed E-state index contributed by atoms with van der Waals surface area (Å²) >= 11 is 13.1. The van der Waals surface area contributed by atoms with Gasteiger partial charge in [0.15, 0.2) is 0 Å². The summed E-state index contributed by atoms with van der Waals surface area (Å²) in [6.07, 6.45) is 6.98. The zero-order valence-corrected chi connectivity index (χ0v) is 15.5. The van der Waals surface area contributed by atoms with Crippen LogP contribution in [0.1, 0.15) is 24.0 Å². The van der Waals surface area contributed by atoms with Crippen molar-refractivity contribution in [3.63, 3.8) is 0 Å². The second kappa shape index (κ2) is 6.43. The Morgan fingerprint density at radius 3 is 2.77 bits per heavy atom. The van der Waals surface area contributed by atoms with Gasteiger partial charge in [0.1, 0.15) is 18.3 Å². The Labute approximate surface area is 150 Å². The number of halogens is 3. The zero-order valence-electron chi connectivity index (χ0n) is 11.6. The molecule has 3 rings (SSSR count). The number of rotatable bonds is 5. The van der Waals surface area contributed by atoms with Crippen molar-refractivity contribution < 1.29 is 5.11 Å². The second-order valence-corrected chi connectivity index (χ2v) is 8.64. The highest BCUT2D eigenvalue weighted by Gasteiger charge is 2.46. The van der Waals surface area contributed by atoms with Crippen LogP contribution in [0.2, 0.25) is 5.02 Å². The summed E-state index contributed by atoms with van der Waals surface area (Å²) < 4.78 is 2.49. The van der Waals surface area contributed by atoms with Gasteiger partial charge in [-0.15, -0.1) is 0 Å². The van der Waals surface area contributed by atoms with Crippen molar-refractivity contribution in [3.8, 4) is 0 Å². The molecule has 0 radical (unpaired) electrons. The molecule has 1 fully saturated rings. The molecule has 1 aliphatic rings. The molecule has 0 saturated heterocycles. The molecule has 116 valence electrons. The van der Waals surface area contributed by atoms with Crippen molar-refractivity contribution in [2.75, 3.05) is 0 Å². The van der Waals surface area contributed by atoms with Crippen LogP contribution < -0.4 is 0 Å². The molecule has 22 heavy (non-hydrogen) atoms. The van der Waals surface area contributed by atoms with Crippen molar-refractivity contribution in [3.05, 3.63) is 50.4 Å². The fourth-order valence-corrected chi connectivity index (χ4v) is 3.54. The van der Waals surface area contributed by atoms with Gasteiger partial charge >= 0.3 is 0 Å². The SMILES string of the molecule is OC(Cn1cncn1)(c1ccc(C=C(Br)Br)cc1Cl)C1CC1. The minimum Gasteiger partial charge on any atom is -0.383 e. The first kappa shape index (κ1) is 16.2. The van der Waals surface area contributed by atoms with E-state index >= 15 is 0 Å². The van der Waals surface area contributed by atoms with E-state index in [9.17, 15) is 5.11 Å². The second-order valence-electron chi connectivity index (χ2n) is 5.46. The lowest BCUT2D eigenvalue weighted by Crippen LogP contribution is -2.34. The number of hydrogen-bond acceptors (Lipinski definition) is 3. The molecule has 1 aliphatic carbocycles. The van der Waals surface area contributed by atoms with Gasteiger partial charge in [0.25, 0.3) is 0 Å². The van der Waals surface area contributed by atoms with Crippen LogP contribution in [-0.2, 0) is 12.1 Å². The lowest BCUT2D eigenvalue weighted by atomic mass is 9.88. The van der Waals surface area contributed by atoms with Gasteiger partial charge in [0, 0.05) is 10.6 Å². The van der Waals surface area contributed by atoms with Gasteiger partial charge in [-0.2, -0.15) is 5.10 Å². The van der Waals surface area contributed by atoms with Gasteiger partial charge in [-0.1, -0.05) is 23.7 Å². The maximum atomic E-state index is 11.2. The summed E-state index contributed by atoms with van der Waals surface area (Å²) in [7, 11) is 0. The minimum absolute atomic E-state index is 0.207. The van der Waals surface area contributed by atoms with Gasteiger partial charge in [0.05, 0.1) is 9.94 Å². The monoisotopic (exact) mass is 445 g/mol. The maximum absolute atomic E-state index is 11.2. The molecule has 1 heterocycles. The van der Waals surface area contributed by atoms with Crippen LogP contribution in [0.4, 0.5) is 0 Å². The highest BCUT2D eigenvalue weighted by Crippen LogP contribution is 2.48. The van der Waals surface area contributed by atoms with Crippen molar-refractivity contribution in [2.24, 2.45) is 5.92 Å². The van der Waals surface area contributed by atoms with Gasteiger partial charge in [0.2, 0.25) is 0 Å². The molecule has 7 heteroatoms. The number of nitrogens with zero attached hydrogens (tertiary/aromatic N) is 3.